The number of methoxy groups -OCH3 is 1. The second kappa shape index (κ2) is 7.83. The molecule has 2 aromatic carbocycles. The minimum Gasteiger partial charge on any atom is -0.493 e. The third-order valence-corrected chi connectivity index (χ3v) is 3.94. The molecule has 1 fully saturated rings. The molecule has 0 saturated carbocycles. The van der Waals surface area contributed by atoms with E-state index in [9.17, 15) is 14.9 Å². The highest BCUT2D eigenvalue weighted by atomic mass is 32.1. The number of thiocarbonyl (C=S) groups is 1. The highest BCUT2D eigenvalue weighted by Gasteiger charge is 2.20. The maximum atomic E-state index is 11.7. The number of ether oxygens (including phenoxy) is 2. The molecular formula is C18H15N3O5S. The molecule has 2 aromatic rings. The standard InChI is InChI=1S/C18H15N3O5S/c1-25-16-9-11(8-14-17(22)20-18(27)19-14)5-6-15(16)26-10-12-3-2-4-13(7-12)21(23)24/h2-9H,10H2,1H3,(H2,19,20,22,27)/b14-8+. The van der Waals surface area contributed by atoms with Gasteiger partial charge in [-0.2, -0.15) is 0 Å². The predicted octanol–water partition coefficient (Wildman–Crippen LogP) is 2.53. The lowest BCUT2D eigenvalue weighted by Crippen LogP contribution is -2.21. The fourth-order valence-corrected chi connectivity index (χ4v) is 2.67. The van der Waals surface area contributed by atoms with Crippen LogP contribution in [0.1, 0.15) is 11.1 Å². The molecule has 0 spiro atoms. The van der Waals surface area contributed by atoms with Crippen molar-refractivity contribution in [2.24, 2.45) is 0 Å². The number of carbonyl (C=O) groups is 1. The largest absolute Gasteiger partial charge is 0.493 e. The lowest BCUT2D eigenvalue weighted by atomic mass is 10.1. The van der Waals surface area contributed by atoms with Gasteiger partial charge in [0.15, 0.2) is 16.6 Å². The van der Waals surface area contributed by atoms with Crippen molar-refractivity contribution < 1.29 is 19.2 Å². The summed E-state index contributed by atoms with van der Waals surface area (Å²) < 4.78 is 11.1. The number of benzene rings is 2. The molecule has 27 heavy (non-hydrogen) atoms. The first-order chi connectivity index (χ1) is 13.0. The molecule has 0 aromatic heterocycles. The Morgan fingerprint density at radius 3 is 2.67 bits per heavy atom. The molecule has 1 aliphatic rings. The first kappa shape index (κ1) is 18.3. The molecule has 1 heterocycles. The molecule has 0 bridgehead atoms. The van der Waals surface area contributed by atoms with E-state index in [1.165, 1.54) is 19.2 Å². The van der Waals surface area contributed by atoms with E-state index in [2.05, 4.69) is 10.6 Å². The van der Waals surface area contributed by atoms with Gasteiger partial charge in [0.05, 0.1) is 12.0 Å². The zero-order valence-electron chi connectivity index (χ0n) is 14.2. The van der Waals surface area contributed by atoms with E-state index in [-0.39, 0.29) is 23.3 Å². The minimum atomic E-state index is -0.453. The van der Waals surface area contributed by atoms with E-state index in [0.717, 1.165) is 5.56 Å². The number of nitro groups is 1. The summed E-state index contributed by atoms with van der Waals surface area (Å²) in [6, 6.07) is 11.4. The molecule has 0 aliphatic carbocycles. The summed E-state index contributed by atoms with van der Waals surface area (Å²) in [7, 11) is 1.50. The summed E-state index contributed by atoms with van der Waals surface area (Å²) in [6.07, 6.45) is 1.64. The van der Waals surface area contributed by atoms with Crippen LogP contribution < -0.4 is 20.1 Å². The number of carbonyl (C=O) groups excluding carboxylic acids is 1. The van der Waals surface area contributed by atoms with E-state index in [4.69, 9.17) is 21.7 Å². The first-order valence-electron chi connectivity index (χ1n) is 7.84. The molecule has 8 nitrogen and oxygen atoms in total. The molecule has 9 heteroatoms. The first-order valence-corrected chi connectivity index (χ1v) is 8.25. The van der Waals surface area contributed by atoms with Crippen LogP contribution in [0.5, 0.6) is 11.5 Å². The van der Waals surface area contributed by atoms with Crippen LogP contribution in [0.2, 0.25) is 0 Å². The summed E-state index contributed by atoms with van der Waals surface area (Å²) in [5.41, 5.74) is 1.73. The Kier molecular flexibility index (Phi) is 5.32. The Labute approximate surface area is 159 Å². The van der Waals surface area contributed by atoms with E-state index < -0.39 is 4.92 Å². The average molecular weight is 385 g/mol. The van der Waals surface area contributed by atoms with Gasteiger partial charge >= 0.3 is 0 Å². The van der Waals surface area contributed by atoms with Gasteiger partial charge in [0, 0.05) is 12.1 Å². The summed E-state index contributed by atoms with van der Waals surface area (Å²) in [5.74, 6) is 0.645. The molecule has 1 amide bonds. The molecule has 3 rings (SSSR count). The van der Waals surface area contributed by atoms with Crippen molar-refractivity contribution in [1.82, 2.24) is 10.6 Å². The third-order valence-electron chi connectivity index (χ3n) is 3.73. The van der Waals surface area contributed by atoms with Crippen molar-refractivity contribution in [1.29, 1.82) is 0 Å². The average Bonchev–Trinajstić information content (AvgIpc) is 2.97. The third kappa shape index (κ3) is 4.39. The van der Waals surface area contributed by atoms with Gasteiger partial charge in [0.1, 0.15) is 12.3 Å². The van der Waals surface area contributed by atoms with Gasteiger partial charge in [-0.05, 0) is 41.6 Å². The zero-order valence-corrected chi connectivity index (χ0v) is 15.0. The van der Waals surface area contributed by atoms with Crippen LogP contribution in [0.3, 0.4) is 0 Å². The molecular weight excluding hydrogens is 370 g/mol. The van der Waals surface area contributed by atoms with Crippen LogP contribution in [-0.2, 0) is 11.4 Å². The van der Waals surface area contributed by atoms with Crippen molar-refractivity contribution in [2.75, 3.05) is 7.11 Å². The van der Waals surface area contributed by atoms with Crippen LogP contribution in [0, 0.1) is 10.1 Å². The molecule has 2 N–H and O–H groups in total. The number of amides is 1. The number of hydrogen-bond donors (Lipinski definition) is 2. The summed E-state index contributed by atoms with van der Waals surface area (Å²) in [5, 5.41) is 16.4. The smallest absolute Gasteiger partial charge is 0.273 e. The van der Waals surface area contributed by atoms with Gasteiger partial charge in [0.2, 0.25) is 0 Å². The van der Waals surface area contributed by atoms with Crippen LogP contribution in [-0.4, -0.2) is 23.1 Å². The zero-order chi connectivity index (χ0) is 19.4. The van der Waals surface area contributed by atoms with E-state index >= 15 is 0 Å². The van der Waals surface area contributed by atoms with E-state index in [1.807, 2.05) is 0 Å². The van der Waals surface area contributed by atoms with Crippen LogP contribution >= 0.6 is 12.2 Å². The van der Waals surface area contributed by atoms with E-state index in [1.54, 1.807) is 36.4 Å². The monoisotopic (exact) mass is 385 g/mol. The van der Waals surface area contributed by atoms with Gasteiger partial charge in [-0.15, -0.1) is 0 Å². The maximum absolute atomic E-state index is 11.7. The Morgan fingerprint density at radius 1 is 1.19 bits per heavy atom. The highest BCUT2D eigenvalue weighted by molar-refractivity contribution is 7.80. The fraction of sp³-hybridized carbons (Fsp3) is 0.111. The lowest BCUT2D eigenvalue weighted by molar-refractivity contribution is -0.384. The Hall–Kier alpha value is -3.46. The second-order valence-corrected chi connectivity index (χ2v) is 6.00. The number of nitro benzene ring substituents is 1. The van der Waals surface area contributed by atoms with Gasteiger partial charge in [-0.25, -0.2) is 0 Å². The summed E-state index contributed by atoms with van der Waals surface area (Å²) in [4.78, 5) is 22.1. The minimum absolute atomic E-state index is 0.00490. The normalized spacial score (nSPS) is 14.6. The number of non-ortho nitro benzene ring substituents is 1. The molecule has 1 aliphatic heterocycles. The van der Waals surface area contributed by atoms with Crippen LogP contribution in [0.25, 0.3) is 6.08 Å². The van der Waals surface area contributed by atoms with Gasteiger partial charge in [0.25, 0.3) is 11.6 Å². The number of hydrogen-bond acceptors (Lipinski definition) is 6. The molecule has 0 radical (unpaired) electrons. The second-order valence-electron chi connectivity index (χ2n) is 5.59. The van der Waals surface area contributed by atoms with Gasteiger partial charge in [-0.1, -0.05) is 18.2 Å². The van der Waals surface area contributed by atoms with Crippen molar-refractivity contribution in [2.45, 2.75) is 6.61 Å². The number of rotatable bonds is 6. The van der Waals surface area contributed by atoms with Gasteiger partial charge in [-0.3, -0.25) is 20.2 Å². The molecule has 0 atom stereocenters. The number of nitrogens with one attached hydrogen (secondary N) is 2. The summed E-state index contributed by atoms with van der Waals surface area (Å²) in [6.45, 7) is 0.150. The quantitative estimate of drug-likeness (QED) is 0.341. The van der Waals surface area contributed by atoms with Crippen molar-refractivity contribution >= 4 is 35.0 Å². The molecule has 1 saturated heterocycles. The lowest BCUT2D eigenvalue weighted by Gasteiger charge is -2.11. The Morgan fingerprint density at radius 2 is 2.00 bits per heavy atom. The maximum Gasteiger partial charge on any atom is 0.273 e. The molecule has 0 unspecified atom stereocenters. The topological polar surface area (TPSA) is 103 Å². The molecule has 138 valence electrons. The Bertz CT molecular complexity index is 958. The SMILES string of the molecule is COc1cc(/C=C2/NC(=S)NC2=O)ccc1OCc1cccc([N+](=O)[O-])c1. The van der Waals surface area contributed by atoms with Gasteiger partial charge < -0.3 is 14.8 Å². The van der Waals surface area contributed by atoms with Crippen LogP contribution in [0.15, 0.2) is 48.2 Å². The summed E-state index contributed by atoms with van der Waals surface area (Å²) >= 11 is 4.89. The Balaban J connectivity index is 1.76. The predicted molar refractivity (Wildman–Crippen MR) is 102 cm³/mol. The van der Waals surface area contributed by atoms with Crippen LogP contribution in [0.4, 0.5) is 5.69 Å². The van der Waals surface area contributed by atoms with Crippen molar-refractivity contribution in [3.05, 3.63) is 69.4 Å². The van der Waals surface area contributed by atoms with E-state index in [0.29, 0.717) is 22.8 Å². The fourth-order valence-electron chi connectivity index (χ4n) is 2.46. The highest BCUT2D eigenvalue weighted by Crippen LogP contribution is 2.30. The van der Waals surface area contributed by atoms with Crippen molar-refractivity contribution in [3.63, 3.8) is 0 Å². The number of nitrogens with zero attached hydrogens (tertiary/aromatic N) is 1. The van der Waals surface area contributed by atoms with Crippen molar-refractivity contribution in [3.8, 4) is 11.5 Å².